The molecule has 1 rings (SSSR count). The van der Waals surface area contributed by atoms with Gasteiger partial charge >= 0.3 is 0 Å². The van der Waals surface area contributed by atoms with E-state index in [2.05, 4.69) is 9.24 Å². The van der Waals surface area contributed by atoms with Gasteiger partial charge in [-0.3, -0.25) is 4.79 Å². The molecule has 58 valence electrons. The number of hydrogen-bond acceptors (Lipinski definition) is 2. The smallest absolute Gasteiger partial charge is 0.178 e. The third kappa shape index (κ3) is 2.02. The first-order valence-electron chi connectivity index (χ1n) is 3.18. The Kier molecular flexibility index (Phi) is 2.61. The Morgan fingerprint density at radius 3 is 2.27 bits per heavy atom. The van der Waals surface area contributed by atoms with Crippen molar-refractivity contribution in [1.82, 2.24) is 0 Å². The fourth-order valence-electron chi connectivity index (χ4n) is 0.755. The summed E-state index contributed by atoms with van der Waals surface area (Å²) in [4.78, 5) is 10.8. The van der Waals surface area contributed by atoms with Crippen molar-refractivity contribution in [1.29, 1.82) is 0 Å². The van der Waals surface area contributed by atoms with Crippen LogP contribution in [-0.4, -0.2) is 12.6 Å². The van der Waals surface area contributed by atoms with Crippen LogP contribution < -0.4 is 4.74 Å². The van der Waals surface area contributed by atoms with E-state index in [9.17, 15) is 4.79 Å². The predicted molar refractivity (Wildman–Crippen MR) is 47.0 cm³/mol. The molecule has 1 atom stereocenters. The van der Waals surface area contributed by atoms with Crippen molar-refractivity contribution >= 4 is 14.8 Å². The van der Waals surface area contributed by atoms with Crippen LogP contribution in [0.1, 0.15) is 10.4 Å². The molecule has 1 unspecified atom stereocenters. The largest absolute Gasteiger partial charge is 0.497 e. The lowest BCUT2D eigenvalue weighted by atomic mass is 10.2. The second kappa shape index (κ2) is 3.49. The van der Waals surface area contributed by atoms with Crippen LogP contribution in [0.3, 0.4) is 0 Å². The van der Waals surface area contributed by atoms with Crippen LogP contribution in [0.2, 0.25) is 0 Å². The summed E-state index contributed by atoms with van der Waals surface area (Å²) in [6.07, 6.45) is 0. The molecular formula is C8H9O2P. The van der Waals surface area contributed by atoms with Crippen molar-refractivity contribution in [3.63, 3.8) is 0 Å². The van der Waals surface area contributed by atoms with Gasteiger partial charge in [-0.15, -0.1) is 0 Å². The second-order valence-corrected chi connectivity index (χ2v) is 2.62. The lowest BCUT2D eigenvalue weighted by molar-refractivity contribution is 0.108. The zero-order chi connectivity index (χ0) is 8.27. The predicted octanol–water partition coefficient (Wildman–Crippen LogP) is 1.71. The van der Waals surface area contributed by atoms with Crippen molar-refractivity contribution in [2.24, 2.45) is 0 Å². The van der Waals surface area contributed by atoms with Crippen molar-refractivity contribution in [3.05, 3.63) is 29.8 Å². The Morgan fingerprint density at radius 2 is 1.91 bits per heavy atom. The van der Waals surface area contributed by atoms with Gasteiger partial charge < -0.3 is 4.74 Å². The molecule has 0 radical (unpaired) electrons. The summed E-state index contributed by atoms with van der Waals surface area (Å²) in [6, 6.07) is 6.98. The minimum atomic E-state index is -0.00680. The van der Waals surface area contributed by atoms with Gasteiger partial charge in [-0.25, -0.2) is 0 Å². The normalized spacial score (nSPS) is 9.27. The molecule has 0 aliphatic carbocycles. The number of ether oxygens (including phenoxy) is 1. The quantitative estimate of drug-likeness (QED) is 0.628. The summed E-state index contributed by atoms with van der Waals surface area (Å²) in [6.45, 7) is 0. The van der Waals surface area contributed by atoms with E-state index in [4.69, 9.17) is 4.74 Å². The maximum atomic E-state index is 10.8. The van der Waals surface area contributed by atoms with Crippen LogP contribution in [-0.2, 0) is 0 Å². The van der Waals surface area contributed by atoms with Gasteiger partial charge in [0.1, 0.15) is 5.75 Å². The fourth-order valence-corrected chi connectivity index (χ4v) is 0.948. The fraction of sp³-hybridized carbons (Fsp3) is 0.125. The maximum absolute atomic E-state index is 10.8. The molecule has 0 amide bonds. The molecule has 0 aromatic heterocycles. The van der Waals surface area contributed by atoms with Gasteiger partial charge in [-0.2, -0.15) is 0 Å². The summed E-state index contributed by atoms with van der Waals surface area (Å²) >= 11 is 0. The van der Waals surface area contributed by atoms with Crippen LogP contribution in [0.25, 0.3) is 0 Å². The average Bonchev–Trinajstić information content (AvgIpc) is 2.05. The minimum Gasteiger partial charge on any atom is -0.497 e. The first-order chi connectivity index (χ1) is 5.24. The van der Waals surface area contributed by atoms with Crippen LogP contribution in [0.5, 0.6) is 5.75 Å². The zero-order valence-corrected chi connectivity index (χ0v) is 7.36. The van der Waals surface area contributed by atoms with E-state index in [1.54, 1.807) is 31.4 Å². The summed E-state index contributed by atoms with van der Waals surface area (Å²) in [5, 5.41) is 0. The molecule has 0 bridgehead atoms. The Labute approximate surface area is 67.8 Å². The second-order valence-electron chi connectivity index (χ2n) is 2.09. The number of benzene rings is 1. The van der Waals surface area contributed by atoms with E-state index in [1.165, 1.54) is 0 Å². The van der Waals surface area contributed by atoms with E-state index in [1.807, 2.05) is 0 Å². The molecule has 0 saturated carbocycles. The third-order valence-corrected chi connectivity index (χ3v) is 1.71. The lowest BCUT2D eigenvalue weighted by Gasteiger charge is -1.98. The Bertz CT molecular complexity index is 253. The zero-order valence-electron chi connectivity index (χ0n) is 6.20. The topological polar surface area (TPSA) is 26.3 Å². The number of carbonyl (C=O) groups excluding carboxylic acids is 1. The van der Waals surface area contributed by atoms with E-state index in [-0.39, 0.29) is 5.52 Å². The van der Waals surface area contributed by atoms with Gasteiger partial charge in [0.15, 0.2) is 5.52 Å². The van der Waals surface area contributed by atoms with Crippen molar-refractivity contribution < 1.29 is 9.53 Å². The summed E-state index contributed by atoms with van der Waals surface area (Å²) < 4.78 is 4.93. The van der Waals surface area contributed by atoms with Gasteiger partial charge in [0.25, 0.3) is 0 Å². The Morgan fingerprint density at radius 1 is 1.36 bits per heavy atom. The summed E-state index contributed by atoms with van der Waals surface area (Å²) in [5.41, 5.74) is 0.670. The van der Waals surface area contributed by atoms with E-state index < -0.39 is 0 Å². The Balaban J connectivity index is 2.91. The monoisotopic (exact) mass is 168 g/mol. The molecular weight excluding hydrogens is 159 g/mol. The highest BCUT2D eigenvalue weighted by atomic mass is 31.0. The van der Waals surface area contributed by atoms with E-state index >= 15 is 0 Å². The van der Waals surface area contributed by atoms with Gasteiger partial charge in [0, 0.05) is 5.56 Å². The SMILES string of the molecule is COc1ccc(C(=O)P)cc1. The highest BCUT2D eigenvalue weighted by molar-refractivity contribution is 7.41. The van der Waals surface area contributed by atoms with Gasteiger partial charge in [-0.1, -0.05) is 9.24 Å². The summed E-state index contributed by atoms with van der Waals surface area (Å²) in [5.74, 6) is 0.764. The molecule has 0 aliphatic heterocycles. The molecule has 0 saturated heterocycles. The molecule has 0 spiro atoms. The molecule has 1 aromatic carbocycles. The van der Waals surface area contributed by atoms with E-state index in [0.29, 0.717) is 5.56 Å². The molecule has 1 aromatic rings. The lowest BCUT2D eigenvalue weighted by Crippen LogP contribution is -1.87. The van der Waals surface area contributed by atoms with Gasteiger partial charge in [-0.05, 0) is 24.3 Å². The van der Waals surface area contributed by atoms with Gasteiger partial charge in [0.2, 0.25) is 0 Å². The number of methoxy groups -OCH3 is 1. The minimum absolute atomic E-state index is 0.00680. The van der Waals surface area contributed by atoms with Crippen LogP contribution in [0.4, 0.5) is 0 Å². The number of rotatable bonds is 2. The summed E-state index contributed by atoms with van der Waals surface area (Å²) in [7, 11) is 3.72. The molecule has 2 nitrogen and oxygen atoms in total. The first kappa shape index (κ1) is 8.22. The van der Waals surface area contributed by atoms with Crippen molar-refractivity contribution in [2.45, 2.75) is 0 Å². The highest BCUT2D eigenvalue weighted by Gasteiger charge is 1.97. The molecule has 3 heteroatoms. The Hall–Kier alpha value is -0.880. The number of carbonyl (C=O) groups is 1. The van der Waals surface area contributed by atoms with Crippen molar-refractivity contribution in [2.75, 3.05) is 7.11 Å². The molecule has 11 heavy (non-hydrogen) atoms. The van der Waals surface area contributed by atoms with Crippen LogP contribution in [0, 0.1) is 0 Å². The van der Waals surface area contributed by atoms with Gasteiger partial charge in [0.05, 0.1) is 7.11 Å². The standard InChI is InChI=1S/C8H9O2P/c1-10-7-4-2-6(3-5-7)8(9)11/h2-5H,11H2,1H3. The third-order valence-electron chi connectivity index (χ3n) is 1.37. The molecule has 0 N–H and O–H groups in total. The molecule has 0 aliphatic rings. The van der Waals surface area contributed by atoms with Crippen LogP contribution in [0.15, 0.2) is 24.3 Å². The van der Waals surface area contributed by atoms with E-state index in [0.717, 1.165) is 5.75 Å². The molecule has 0 fully saturated rings. The maximum Gasteiger partial charge on any atom is 0.178 e. The highest BCUT2D eigenvalue weighted by Crippen LogP contribution is 2.13. The first-order valence-corrected chi connectivity index (χ1v) is 3.75. The van der Waals surface area contributed by atoms with Crippen molar-refractivity contribution in [3.8, 4) is 5.75 Å². The molecule has 0 heterocycles. The average molecular weight is 168 g/mol. The van der Waals surface area contributed by atoms with Crippen LogP contribution >= 0.6 is 9.24 Å². The number of hydrogen-bond donors (Lipinski definition) is 0.